The van der Waals surface area contributed by atoms with E-state index in [1.54, 1.807) is 7.11 Å². The first-order chi connectivity index (χ1) is 6.40. The minimum absolute atomic E-state index is 0.629. The van der Waals surface area contributed by atoms with Crippen LogP contribution in [-0.2, 0) is 4.74 Å². The second-order valence-corrected chi connectivity index (χ2v) is 4.60. The van der Waals surface area contributed by atoms with Crippen molar-refractivity contribution in [3.8, 4) is 0 Å². The lowest BCUT2D eigenvalue weighted by Gasteiger charge is -2.39. The molecule has 0 spiro atoms. The predicted octanol–water partition coefficient (Wildman–Crippen LogP) is 1.80. The molecule has 3 unspecified atom stereocenters. The Bertz CT molecular complexity index is 160. The molecule has 13 heavy (non-hydrogen) atoms. The summed E-state index contributed by atoms with van der Waals surface area (Å²) in [5.41, 5.74) is 0. The van der Waals surface area contributed by atoms with Gasteiger partial charge in [-0.2, -0.15) is 0 Å². The highest BCUT2D eigenvalue weighted by Crippen LogP contribution is 2.35. The molecule has 2 heteroatoms. The van der Waals surface area contributed by atoms with Crippen molar-refractivity contribution in [2.75, 3.05) is 20.3 Å². The maximum Gasteiger partial charge on any atom is 0.0615 e. The molecule has 3 atom stereocenters. The maximum atomic E-state index is 5.20. The molecule has 2 rings (SSSR count). The molecule has 0 bridgehead atoms. The molecule has 1 heterocycles. The average molecular weight is 183 g/mol. The molecule has 1 saturated carbocycles. The summed E-state index contributed by atoms with van der Waals surface area (Å²) in [5, 5.41) is 3.59. The number of hydrogen-bond acceptors (Lipinski definition) is 2. The predicted molar refractivity (Wildman–Crippen MR) is 53.7 cm³/mol. The van der Waals surface area contributed by atoms with Crippen molar-refractivity contribution in [3.63, 3.8) is 0 Å². The highest BCUT2D eigenvalue weighted by molar-refractivity contribution is 4.86. The van der Waals surface area contributed by atoms with Crippen LogP contribution in [0.15, 0.2) is 0 Å². The van der Waals surface area contributed by atoms with Crippen LogP contribution in [0.4, 0.5) is 0 Å². The molecule has 76 valence electrons. The van der Waals surface area contributed by atoms with Crippen LogP contribution in [0.3, 0.4) is 0 Å². The zero-order valence-corrected chi connectivity index (χ0v) is 8.59. The number of rotatable bonds is 2. The Balaban J connectivity index is 1.84. The van der Waals surface area contributed by atoms with Gasteiger partial charge >= 0.3 is 0 Å². The van der Waals surface area contributed by atoms with E-state index in [0.717, 1.165) is 18.4 Å². The summed E-state index contributed by atoms with van der Waals surface area (Å²) < 4.78 is 5.20. The lowest BCUT2D eigenvalue weighted by Crippen LogP contribution is -2.46. The summed E-state index contributed by atoms with van der Waals surface area (Å²) in [5.74, 6) is 1.97. The molecule has 0 radical (unpaired) electrons. The van der Waals surface area contributed by atoms with Gasteiger partial charge in [0.05, 0.1) is 6.61 Å². The van der Waals surface area contributed by atoms with Crippen molar-refractivity contribution >= 4 is 0 Å². The molecule has 1 aliphatic heterocycles. The lowest BCUT2D eigenvalue weighted by molar-refractivity contribution is 0.0968. The Kier molecular flexibility index (Phi) is 3.23. The monoisotopic (exact) mass is 183 g/mol. The second kappa shape index (κ2) is 4.43. The molecule has 1 N–H and O–H groups in total. The van der Waals surface area contributed by atoms with E-state index < -0.39 is 0 Å². The number of methoxy groups -OCH3 is 1. The zero-order valence-electron chi connectivity index (χ0n) is 8.59. The SMILES string of the molecule is COCC1CC2CCCCC2CN1. The summed E-state index contributed by atoms with van der Waals surface area (Å²) in [7, 11) is 1.80. The molecular formula is C11H21NO. The minimum atomic E-state index is 0.629. The van der Waals surface area contributed by atoms with Crippen molar-refractivity contribution in [3.05, 3.63) is 0 Å². The lowest BCUT2D eigenvalue weighted by atomic mass is 9.74. The summed E-state index contributed by atoms with van der Waals surface area (Å²) in [4.78, 5) is 0. The van der Waals surface area contributed by atoms with Gasteiger partial charge in [0.15, 0.2) is 0 Å². The zero-order chi connectivity index (χ0) is 9.10. The Morgan fingerprint density at radius 2 is 2.00 bits per heavy atom. The Hall–Kier alpha value is -0.0800. The summed E-state index contributed by atoms with van der Waals surface area (Å²) >= 11 is 0. The fourth-order valence-electron chi connectivity index (χ4n) is 2.96. The number of ether oxygens (including phenoxy) is 1. The van der Waals surface area contributed by atoms with Gasteiger partial charge in [-0.1, -0.05) is 19.3 Å². The summed E-state index contributed by atoms with van der Waals surface area (Å²) in [6, 6.07) is 0.629. The van der Waals surface area contributed by atoms with E-state index in [0.29, 0.717) is 6.04 Å². The normalized spacial score (nSPS) is 39.9. The van der Waals surface area contributed by atoms with E-state index in [4.69, 9.17) is 4.74 Å². The van der Waals surface area contributed by atoms with Gasteiger partial charge in [0, 0.05) is 13.2 Å². The van der Waals surface area contributed by atoms with Gasteiger partial charge in [0.2, 0.25) is 0 Å². The van der Waals surface area contributed by atoms with Gasteiger partial charge in [0.1, 0.15) is 0 Å². The topological polar surface area (TPSA) is 21.3 Å². The molecule has 0 amide bonds. The van der Waals surface area contributed by atoms with Crippen molar-refractivity contribution < 1.29 is 4.74 Å². The van der Waals surface area contributed by atoms with Gasteiger partial charge in [-0.3, -0.25) is 0 Å². The van der Waals surface area contributed by atoms with E-state index >= 15 is 0 Å². The molecule has 2 aliphatic rings. The van der Waals surface area contributed by atoms with Crippen LogP contribution >= 0.6 is 0 Å². The second-order valence-electron chi connectivity index (χ2n) is 4.60. The van der Waals surface area contributed by atoms with Gasteiger partial charge in [-0.25, -0.2) is 0 Å². The standard InChI is InChI=1S/C11H21NO/c1-13-8-11-6-9-4-2-3-5-10(9)7-12-11/h9-12H,2-8H2,1H3. The molecule has 0 aromatic heterocycles. The molecule has 1 saturated heterocycles. The molecule has 0 aromatic rings. The number of nitrogens with one attached hydrogen (secondary N) is 1. The van der Waals surface area contributed by atoms with E-state index in [2.05, 4.69) is 5.32 Å². The third kappa shape index (κ3) is 2.23. The summed E-state index contributed by atoms with van der Waals surface area (Å²) in [6.07, 6.45) is 7.18. The average Bonchev–Trinajstić information content (AvgIpc) is 2.18. The van der Waals surface area contributed by atoms with E-state index in [9.17, 15) is 0 Å². The van der Waals surface area contributed by atoms with Gasteiger partial charge in [-0.15, -0.1) is 0 Å². The van der Waals surface area contributed by atoms with Crippen LogP contribution in [0.2, 0.25) is 0 Å². The van der Waals surface area contributed by atoms with E-state index in [1.165, 1.54) is 38.6 Å². The number of hydrogen-bond donors (Lipinski definition) is 1. The van der Waals surface area contributed by atoms with Crippen molar-refractivity contribution in [2.24, 2.45) is 11.8 Å². The van der Waals surface area contributed by atoms with Crippen molar-refractivity contribution in [1.29, 1.82) is 0 Å². The first-order valence-corrected chi connectivity index (χ1v) is 5.62. The number of fused-ring (bicyclic) bond motifs is 1. The molecule has 1 aliphatic carbocycles. The van der Waals surface area contributed by atoms with Crippen LogP contribution in [0.1, 0.15) is 32.1 Å². The highest BCUT2D eigenvalue weighted by atomic mass is 16.5. The van der Waals surface area contributed by atoms with Crippen molar-refractivity contribution in [1.82, 2.24) is 5.32 Å². The quantitative estimate of drug-likeness (QED) is 0.705. The molecular weight excluding hydrogens is 162 g/mol. The van der Waals surface area contributed by atoms with Crippen LogP contribution in [0.5, 0.6) is 0 Å². The largest absolute Gasteiger partial charge is 0.383 e. The van der Waals surface area contributed by atoms with Gasteiger partial charge in [0.25, 0.3) is 0 Å². The van der Waals surface area contributed by atoms with Gasteiger partial charge in [-0.05, 0) is 31.2 Å². The Morgan fingerprint density at radius 3 is 2.77 bits per heavy atom. The first-order valence-electron chi connectivity index (χ1n) is 5.62. The fraction of sp³-hybridized carbons (Fsp3) is 1.00. The van der Waals surface area contributed by atoms with Crippen molar-refractivity contribution in [2.45, 2.75) is 38.1 Å². The third-order valence-corrected chi connectivity index (χ3v) is 3.69. The van der Waals surface area contributed by atoms with Crippen LogP contribution < -0.4 is 5.32 Å². The third-order valence-electron chi connectivity index (χ3n) is 3.69. The highest BCUT2D eigenvalue weighted by Gasteiger charge is 2.31. The fourth-order valence-corrected chi connectivity index (χ4v) is 2.96. The Morgan fingerprint density at radius 1 is 1.23 bits per heavy atom. The van der Waals surface area contributed by atoms with E-state index in [1.807, 2.05) is 0 Å². The smallest absolute Gasteiger partial charge is 0.0615 e. The molecule has 2 nitrogen and oxygen atoms in total. The Labute approximate surface area is 81.0 Å². The van der Waals surface area contributed by atoms with Gasteiger partial charge < -0.3 is 10.1 Å². The van der Waals surface area contributed by atoms with Crippen LogP contribution in [0.25, 0.3) is 0 Å². The molecule has 2 fully saturated rings. The minimum Gasteiger partial charge on any atom is -0.383 e. The van der Waals surface area contributed by atoms with E-state index in [-0.39, 0.29) is 0 Å². The van der Waals surface area contributed by atoms with Crippen LogP contribution in [-0.4, -0.2) is 26.3 Å². The number of piperidine rings is 1. The van der Waals surface area contributed by atoms with Crippen LogP contribution in [0, 0.1) is 11.8 Å². The maximum absolute atomic E-state index is 5.20. The summed E-state index contributed by atoms with van der Waals surface area (Å²) in [6.45, 7) is 2.13. The molecule has 0 aromatic carbocycles. The first kappa shape index (κ1) is 9.47.